The molecule has 0 aliphatic heterocycles. The van der Waals surface area contributed by atoms with Crippen molar-refractivity contribution in [3.05, 3.63) is 35.4 Å². The van der Waals surface area contributed by atoms with E-state index in [0.29, 0.717) is 0 Å². The fourth-order valence-electron chi connectivity index (χ4n) is 2.50. The van der Waals surface area contributed by atoms with Gasteiger partial charge in [0.25, 0.3) is 5.91 Å². The van der Waals surface area contributed by atoms with Gasteiger partial charge in [0.15, 0.2) is 0 Å². The highest BCUT2D eigenvalue weighted by Gasteiger charge is 2.23. The van der Waals surface area contributed by atoms with E-state index < -0.39 is 0 Å². The third-order valence-electron chi connectivity index (χ3n) is 3.64. The molecular formula is C15H20ClNO. The highest BCUT2D eigenvalue weighted by Crippen LogP contribution is 2.22. The van der Waals surface area contributed by atoms with Gasteiger partial charge in [-0.1, -0.05) is 37.5 Å². The van der Waals surface area contributed by atoms with Crippen LogP contribution in [0.1, 0.15) is 48.0 Å². The molecule has 2 nitrogen and oxygen atoms in total. The fourth-order valence-corrected chi connectivity index (χ4v) is 2.84. The lowest BCUT2D eigenvalue weighted by atomic mass is 10.1. The first-order chi connectivity index (χ1) is 8.68. The van der Waals surface area contributed by atoms with E-state index in [4.69, 9.17) is 11.6 Å². The van der Waals surface area contributed by atoms with E-state index >= 15 is 0 Å². The topological polar surface area (TPSA) is 29.1 Å². The highest BCUT2D eigenvalue weighted by molar-refractivity contribution is 6.21. The number of halogens is 1. The van der Waals surface area contributed by atoms with E-state index in [2.05, 4.69) is 5.32 Å². The maximum atomic E-state index is 12.2. The quantitative estimate of drug-likeness (QED) is 0.642. The zero-order valence-electron chi connectivity index (χ0n) is 10.8. The van der Waals surface area contributed by atoms with Crippen LogP contribution in [-0.2, 0) is 0 Å². The first-order valence-corrected chi connectivity index (χ1v) is 7.12. The second kappa shape index (κ2) is 6.24. The second-order valence-corrected chi connectivity index (χ2v) is 5.61. The van der Waals surface area contributed by atoms with Crippen LogP contribution in [0.3, 0.4) is 0 Å². The van der Waals surface area contributed by atoms with Crippen LogP contribution in [-0.4, -0.2) is 17.3 Å². The van der Waals surface area contributed by atoms with Gasteiger partial charge in [-0.15, -0.1) is 11.6 Å². The Morgan fingerprint density at radius 1 is 1.22 bits per heavy atom. The number of carbonyl (C=O) groups is 1. The summed E-state index contributed by atoms with van der Waals surface area (Å²) in [7, 11) is 0. The van der Waals surface area contributed by atoms with Gasteiger partial charge >= 0.3 is 0 Å². The Kier molecular flexibility index (Phi) is 4.65. The molecule has 0 aromatic heterocycles. The molecule has 1 saturated carbocycles. The summed E-state index contributed by atoms with van der Waals surface area (Å²) in [6, 6.07) is 7.78. The van der Waals surface area contributed by atoms with Crippen LogP contribution < -0.4 is 5.32 Å². The summed E-state index contributed by atoms with van der Waals surface area (Å²) < 4.78 is 0. The van der Waals surface area contributed by atoms with Crippen LogP contribution in [0, 0.1) is 6.92 Å². The van der Waals surface area contributed by atoms with E-state index in [1.165, 1.54) is 12.8 Å². The van der Waals surface area contributed by atoms with Crippen molar-refractivity contribution < 1.29 is 4.79 Å². The fraction of sp³-hybridized carbons (Fsp3) is 0.533. The standard InChI is InChI=1S/C15H20ClNO/c1-11-7-5-6-8-12(11)15(18)17-14-10-4-2-3-9-13(14)16/h5-8,13-14H,2-4,9-10H2,1H3,(H,17,18). The Bertz CT molecular complexity index is 419. The first-order valence-electron chi connectivity index (χ1n) is 6.69. The largest absolute Gasteiger partial charge is 0.348 e. The summed E-state index contributed by atoms with van der Waals surface area (Å²) in [5.74, 6) is 0.00523. The monoisotopic (exact) mass is 265 g/mol. The SMILES string of the molecule is Cc1ccccc1C(=O)NC1CCCCCC1Cl. The Labute approximate surface area is 114 Å². The first kappa shape index (κ1) is 13.4. The van der Waals surface area contributed by atoms with Crippen molar-refractivity contribution in [3.8, 4) is 0 Å². The van der Waals surface area contributed by atoms with Crippen LogP contribution in [0.5, 0.6) is 0 Å². The van der Waals surface area contributed by atoms with Crippen molar-refractivity contribution in [2.45, 2.75) is 50.4 Å². The molecule has 1 aliphatic carbocycles. The summed E-state index contributed by atoms with van der Waals surface area (Å²) in [6.07, 6.45) is 5.54. The molecule has 2 atom stereocenters. The molecular weight excluding hydrogens is 246 g/mol. The summed E-state index contributed by atoms with van der Waals surface area (Å²) >= 11 is 6.34. The lowest BCUT2D eigenvalue weighted by Gasteiger charge is -2.21. The predicted octanol–water partition coefficient (Wildman–Crippen LogP) is 3.66. The number of rotatable bonds is 2. The molecule has 2 unspecified atom stereocenters. The van der Waals surface area contributed by atoms with E-state index in [0.717, 1.165) is 30.4 Å². The minimum Gasteiger partial charge on any atom is -0.348 e. The molecule has 0 spiro atoms. The molecule has 0 heterocycles. The van der Waals surface area contributed by atoms with E-state index in [9.17, 15) is 4.79 Å². The van der Waals surface area contributed by atoms with Crippen LogP contribution in [0.15, 0.2) is 24.3 Å². The zero-order chi connectivity index (χ0) is 13.0. The van der Waals surface area contributed by atoms with Gasteiger partial charge in [0.2, 0.25) is 0 Å². The van der Waals surface area contributed by atoms with E-state index in [1.54, 1.807) is 0 Å². The van der Waals surface area contributed by atoms with Crippen LogP contribution >= 0.6 is 11.6 Å². The third kappa shape index (κ3) is 3.26. The smallest absolute Gasteiger partial charge is 0.251 e. The summed E-state index contributed by atoms with van der Waals surface area (Å²) in [4.78, 5) is 12.2. The Balaban J connectivity index is 2.04. The van der Waals surface area contributed by atoms with E-state index in [-0.39, 0.29) is 17.3 Å². The average molecular weight is 266 g/mol. The van der Waals surface area contributed by atoms with Crippen molar-refractivity contribution in [2.24, 2.45) is 0 Å². The molecule has 0 saturated heterocycles. The summed E-state index contributed by atoms with van der Waals surface area (Å²) in [5.41, 5.74) is 1.76. The minimum atomic E-state index is 0.00523. The number of alkyl halides is 1. The molecule has 0 radical (unpaired) electrons. The Hall–Kier alpha value is -1.02. The van der Waals surface area contributed by atoms with Gasteiger partial charge in [0.1, 0.15) is 0 Å². The van der Waals surface area contributed by atoms with Crippen molar-refractivity contribution >= 4 is 17.5 Å². The maximum Gasteiger partial charge on any atom is 0.251 e. The van der Waals surface area contributed by atoms with Crippen molar-refractivity contribution in [3.63, 3.8) is 0 Å². The van der Waals surface area contributed by atoms with Gasteiger partial charge in [-0.2, -0.15) is 0 Å². The summed E-state index contributed by atoms with van der Waals surface area (Å²) in [5, 5.41) is 3.16. The maximum absolute atomic E-state index is 12.2. The third-order valence-corrected chi connectivity index (χ3v) is 4.16. The molecule has 1 aromatic rings. The number of hydrogen-bond acceptors (Lipinski definition) is 1. The lowest BCUT2D eigenvalue weighted by molar-refractivity contribution is 0.0933. The van der Waals surface area contributed by atoms with Gasteiger partial charge < -0.3 is 5.32 Å². The van der Waals surface area contributed by atoms with Crippen molar-refractivity contribution in [1.82, 2.24) is 5.32 Å². The number of aryl methyl sites for hydroxylation is 1. The van der Waals surface area contributed by atoms with Gasteiger partial charge in [0, 0.05) is 11.6 Å². The molecule has 1 fully saturated rings. The van der Waals surface area contributed by atoms with Crippen LogP contribution in [0.25, 0.3) is 0 Å². The molecule has 1 amide bonds. The zero-order valence-corrected chi connectivity index (χ0v) is 11.5. The number of nitrogens with one attached hydrogen (secondary N) is 1. The van der Waals surface area contributed by atoms with Crippen LogP contribution in [0.4, 0.5) is 0 Å². The van der Waals surface area contributed by atoms with Gasteiger partial charge in [-0.05, 0) is 31.4 Å². The number of hydrogen-bond donors (Lipinski definition) is 1. The minimum absolute atomic E-state index is 0.00523. The normalized spacial score (nSPS) is 24.3. The van der Waals surface area contributed by atoms with E-state index in [1.807, 2.05) is 31.2 Å². The van der Waals surface area contributed by atoms with Gasteiger partial charge in [-0.25, -0.2) is 0 Å². The predicted molar refractivity (Wildman–Crippen MR) is 75.2 cm³/mol. The molecule has 1 aromatic carbocycles. The number of benzene rings is 1. The number of carbonyl (C=O) groups excluding carboxylic acids is 1. The average Bonchev–Trinajstić information content (AvgIpc) is 2.55. The molecule has 3 heteroatoms. The Morgan fingerprint density at radius 2 is 1.94 bits per heavy atom. The van der Waals surface area contributed by atoms with Gasteiger partial charge in [-0.3, -0.25) is 4.79 Å². The van der Waals surface area contributed by atoms with Gasteiger partial charge in [0.05, 0.1) is 5.38 Å². The summed E-state index contributed by atoms with van der Waals surface area (Å²) in [6.45, 7) is 1.96. The Morgan fingerprint density at radius 3 is 2.72 bits per heavy atom. The highest BCUT2D eigenvalue weighted by atomic mass is 35.5. The van der Waals surface area contributed by atoms with Crippen molar-refractivity contribution in [1.29, 1.82) is 0 Å². The molecule has 98 valence electrons. The molecule has 1 aliphatic rings. The molecule has 2 rings (SSSR count). The molecule has 1 N–H and O–H groups in total. The molecule has 18 heavy (non-hydrogen) atoms. The molecule has 0 bridgehead atoms. The van der Waals surface area contributed by atoms with Crippen LogP contribution in [0.2, 0.25) is 0 Å². The number of amides is 1. The second-order valence-electron chi connectivity index (χ2n) is 5.05. The lowest BCUT2D eigenvalue weighted by Crippen LogP contribution is -2.40. The van der Waals surface area contributed by atoms with Crippen molar-refractivity contribution in [2.75, 3.05) is 0 Å².